The summed E-state index contributed by atoms with van der Waals surface area (Å²) in [6, 6.07) is 3.65. The fourth-order valence-electron chi connectivity index (χ4n) is 4.62. The summed E-state index contributed by atoms with van der Waals surface area (Å²) in [4.78, 5) is 2.99. The molecule has 34 heavy (non-hydrogen) atoms. The Morgan fingerprint density at radius 1 is 1.15 bits per heavy atom. The number of benzene rings is 1. The van der Waals surface area contributed by atoms with Crippen molar-refractivity contribution >= 4 is 15.7 Å². The average molecular weight is 495 g/mol. The van der Waals surface area contributed by atoms with Gasteiger partial charge in [-0.3, -0.25) is 14.4 Å². The third kappa shape index (κ3) is 3.66. The number of fused-ring (bicyclic) bond motifs is 3. The monoisotopic (exact) mass is 494 g/mol. The normalized spacial score (nSPS) is 18.0. The van der Waals surface area contributed by atoms with E-state index in [-0.39, 0.29) is 10.8 Å². The van der Waals surface area contributed by atoms with E-state index in [0.29, 0.717) is 47.0 Å². The molecule has 1 aromatic carbocycles. The first-order chi connectivity index (χ1) is 16.1. The van der Waals surface area contributed by atoms with Gasteiger partial charge in [0.1, 0.15) is 16.4 Å². The topological polar surface area (TPSA) is 79.0 Å². The van der Waals surface area contributed by atoms with Crippen LogP contribution in [0.4, 0.5) is 23.2 Å². The molecule has 3 heterocycles. The second kappa shape index (κ2) is 8.07. The van der Waals surface area contributed by atoms with E-state index < -0.39 is 33.8 Å². The lowest BCUT2D eigenvalue weighted by atomic mass is 9.88. The van der Waals surface area contributed by atoms with Crippen LogP contribution >= 0.6 is 0 Å². The first-order valence-electron chi connectivity index (χ1n) is 11.1. The average Bonchev–Trinajstić information content (AvgIpc) is 3.52. The molecule has 2 aliphatic rings. The van der Waals surface area contributed by atoms with Gasteiger partial charge in [-0.15, -0.1) is 0 Å². The Morgan fingerprint density at radius 2 is 1.91 bits per heavy atom. The van der Waals surface area contributed by atoms with Gasteiger partial charge in [-0.05, 0) is 61.4 Å². The number of rotatable bonds is 6. The standard InChI is InChI=1S/C23H22F4N4O2S/c1-2-3-4-15-17(24)8-9-18-20(15)21-16(12-29-30-21)22(13-5-6-13)31(18)34(32,33)14-7-10-19(28-11-14)23(25,26)27/h7-13,22H,2-6H2,1H3,(H,29,30). The Morgan fingerprint density at radius 3 is 2.53 bits per heavy atom. The summed E-state index contributed by atoms with van der Waals surface area (Å²) in [5.41, 5.74) is 1.17. The van der Waals surface area contributed by atoms with Crippen molar-refractivity contribution < 1.29 is 26.0 Å². The molecule has 1 unspecified atom stereocenters. The molecule has 1 N–H and O–H groups in total. The fourth-order valence-corrected chi connectivity index (χ4v) is 6.27. The minimum absolute atomic E-state index is 0.0193. The van der Waals surface area contributed by atoms with E-state index in [2.05, 4.69) is 15.2 Å². The van der Waals surface area contributed by atoms with Crippen LogP contribution in [0.5, 0.6) is 0 Å². The molecule has 0 spiro atoms. The number of alkyl halides is 3. The minimum atomic E-state index is -4.69. The number of aromatic amines is 1. The van der Waals surface area contributed by atoms with E-state index in [0.717, 1.165) is 31.5 Å². The highest BCUT2D eigenvalue weighted by Crippen LogP contribution is 2.55. The van der Waals surface area contributed by atoms with Crippen molar-refractivity contribution in [1.29, 1.82) is 0 Å². The number of pyridine rings is 1. The number of aromatic nitrogens is 3. The van der Waals surface area contributed by atoms with Crippen LogP contribution in [-0.2, 0) is 22.6 Å². The number of hydrogen-bond donors (Lipinski definition) is 1. The van der Waals surface area contributed by atoms with Crippen LogP contribution in [0.2, 0.25) is 0 Å². The molecule has 6 nitrogen and oxygen atoms in total. The molecular weight excluding hydrogens is 472 g/mol. The molecule has 1 fully saturated rings. The molecule has 1 aliphatic carbocycles. The molecule has 180 valence electrons. The summed E-state index contributed by atoms with van der Waals surface area (Å²) in [5.74, 6) is -0.419. The Labute approximate surface area is 194 Å². The smallest absolute Gasteiger partial charge is 0.277 e. The highest BCUT2D eigenvalue weighted by Gasteiger charge is 2.48. The molecule has 0 amide bonds. The number of anilines is 1. The van der Waals surface area contributed by atoms with Gasteiger partial charge in [0.2, 0.25) is 0 Å². The van der Waals surface area contributed by atoms with Gasteiger partial charge >= 0.3 is 6.18 Å². The van der Waals surface area contributed by atoms with Gasteiger partial charge in [-0.25, -0.2) is 12.8 Å². The maximum Gasteiger partial charge on any atom is 0.433 e. The second-order valence-corrected chi connectivity index (χ2v) is 10.5. The Balaban J connectivity index is 1.71. The van der Waals surface area contributed by atoms with Gasteiger partial charge in [0.05, 0.1) is 23.6 Å². The maximum absolute atomic E-state index is 15.0. The van der Waals surface area contributed by atoms with Crippen molar-refractivity contribution in [3.63, 3.8) is 0 Å². The lowest BCUT2D eigenvalue weighted by molar-refractivity contribution is -0.141. The summed E-state index contributed by atoms with van der Waals surface area (Å²) in [5, 5.41) is 7.07. The van der Waals surface area contributed by atoms with Crippen LogP contribution in [0, 0.1) is 11.7 Å². The highest BCUT2D eigenvalue weighted by molar-refractivity contribution is 7.92. The summed E-state index contributed by atoms with van der Waals surface area (Å²) in [7, 11) is -4.32. The van der Waals surface area contributed by atoms with E-state index in [1.54, 1.807) is 6.20 Å². The lowest BCUT2D eigenvalue weighted by Crippen LogP contribution is -2.39. The summed E-state index contributed by atoms with van der Waals surface area (Å²) >= 11 is 0. The number of nitrogens with one attached hydrogen (secondary N) is 1. The molecule has 1 aliphatic heterocycles. The number of hydrogen-bond acceptors (Lipinski definition) is 4. The largest absolute Gasteiger partial charge is 0.433 e. The van der Waals surface area contributed by atoms with Gasteiger partial charge in [-0.1, -0.05) is 13.3 Å². The third-order valence-electron chi connectivity index (χ3n) is 6.39. The van der Waals surface area contributed by atoms with Crippen molar-refractivity contribution in [3.8, 4) is 11.3 Å². The molecule has 1 atom stereocenters. The zero-order valence-electron chi connectivity index (χ0n) is 18.2. The molecule has 0 saturated heterocycles. The maximum atomic E-state index is 15.0. The Bertz CT molecular complexity index is 1330. The van der Waals surface area contributed by atoms with E-state index in [1.165, 1.54) is 16.4 Å². The Kier molecular flexibility index (Phi) is 5.42. The summed E-state index contributed by atoms with van der Waals surface area (Å²) < 4.78 is 82.9. The minimum Gasteiger partial charge on any atom is -0.277 e. The SMILES string of the molecule is CCCCc1c(F)ccc2c1-c1[nH]ncc1C(C1CC1)N2S(=O)(=O)c1ccc(C(F)(F)F)nc1. The zero-order valence-corrected chi connectivity index (χ0v) is 19.0. The number of nitrogens with zero attached hydrogens (tertiary/aromatic N) is 3. The quantitative estimate of drug-likeness (QED) is 0.451. The van der Waals surface area contributed by atoms with Crippen LogP contribution < -0.4 is 4.31 Å². The summed E-state index contributed by atoms with van der Waals surface area (Å²) in [6.45, 7) is 1.98. The predicted molar refractivity (Wildman–Crippen MR) is 117 cm³/mol. The van der Waals surface area contributed by atoms with Crippen molar-refractivity contribution in [2.24, 2.45) is 5.92 Å². The fraction of sp³-hybridized carbons (Fsp3) is 0.391. The molecule has 0 bridgehead atoms. The van der Waals surface area contributed by atoms with Crippen LogP contribution in [0.1, 0.15) is 55.5 Å². The van der Waals surface area contributed by atoms with Crippen molar-refractivity contribution in [3.05, 3.63) is 59.3 Å². The highest BCUT2D eigenvalue weighted by atomic mass is 32.2. The van der Waals surface area contributed by atoms with Crippen LogP contribution in [0.3, 0.4) is 0 Å². The molecule has 11 heteroatoms. The van der Waals surface area contributed by atoms with E-state index in [4.69, 9.17) is 0 Å². The summed E-state index contributed by atoms with van der Waals surface area (Å²) in [6.07, 6.45) is 1.14. The number of halogens is 4. The van der Waals surface area contributed by atoms with Crippen molar-refractivity contribution in [1.82, 2.24) is 15.2 Å². The van der Waals surface area contributed by atoms with E-state index >= 15 is 0 Å². The van der Waals surface area contributed by atoms with Gasteiger partial charge < -0.3 is 0 Å². The van der Waals surface area contributed by atoms with Gasteiger partial charge in [0.15, 0.2) is 0 Å². The molecular formula is C23H22F4N4O2S. The van der Waals surface area contributed by atoms with Crippen molar-refractivity contribution in [2.75, 3.05) is 4.31 Å². The number of unbranched alkanes of at least 4 members (excludes halogenated alkanes) is 1. The third-order valence-corrected chi connectivity index (χ3v) is 8.17. The molecule has 5 rings (SSSR count). The molecule has 2 aromatic heterocycles. The predicted octanol–water partition coefficient (Wildman–Crippen LogP) is 5.63. The van der Waals surface area contributed by atoms with Crippen LogP contribution in [0.15, 0.2) is 41.6 Å². The first kappa shape index (κ1) is 22.8. The zero-order chi connectivity index (χ0) is 24.3. The second-order valence-electron chi connectivity index (χ2n) is 8.68. The van der Waals surface area contributed by atoms with Gasteiger partial charge in [-0.2, -0.15) is 18.3 Å². The van der Waals surface area contributed by atoms with Gasteiger partial charge in [0, 0.05) is 17.3 Å². The van der Waals surface area contributed by atoms with Gasteiger partial charge in [0.25, 0.3) is 10.0 Å². The van der Waals surface area contributed by atoms with E-state index in [1.807, 2.05) is 6.92 Å². The number of sulfonamides is 1. The van der Waals surface area contributed by atoms with Crippen molar-refractivity contribution in [2.45, 2.75) is 56.1 Å². The molecule has 0 radical (unpaired) electrons. The van der Waals surface area contributed by atoms with Crippen LogP contribution in [0.25, 0.3) is 11.3 Å². The first-order valence-corrected chi connectivity index (χ1v) is 12.5. The molecule has 1 saturated carbocycles. The van der Waals surface area contributed by atoms with Crippen LogP contribution in [-0.4, -0.2) is 23.6 Å². The Hall–Kier alpha value is -2.95. The van der Waals surface area contributed by atoms with E-state index in [9.17, 15) is 26.0 Å². The lowest BCUT2D eigenvalue weighted by Gasteiger charge is -2.38. The number of H-pyrrole nitrogens is 1. The molecule has 3 aromatic rings.